The molecular weight excluding hydrogens is 346 g/mol. The van der Waals surface area contributed by atoms with E-state index in [-0.39, 0.29) is 12.3 Å². The third-order valence-corrected chi connectivity index (χ3v) is 5.08. The van der Waals surface area contributed by atoms with E-state index in [1.54, 1.807) is 18.9 Å². The van der Waals surface area contributed by atoms with E-state index >= 15 is 0 Å². The van der Waals surface area contributed by atoms with Crippen LogP contribution in [0.15, 0.2) is 5.16 Å². The summed E-state index contributed by atoms with van der Waals surface area (Å²) in [7, 11) is 0. The number of rotatable bonds is 4. The number of nitrogens with zero attached hydrogens (tertiary/aromatic N) is 2. The first kappa shape index (κ1) is 17.4. The van der Waals surface area contributed by atoms with Gasteiger partial charge in [0.05, 0.1) is 11.4 Å². The van der Waals surface area contributed by atoms with Gasteiger partial charge < -0.3 is 4.84 Å². The predicted molar refractivity (Wildman–Crippen MR) is 76.4 cm³/mol. The molecule has 1 aliphatic rings. The lowest BCUT2D eigenvalue weighted by Gasteiger charge is -2.18. The van der Waals surface area contributed by atoms with E-state index < -0.39 is 34.2 Å². The summed E-state index contributed by atoms with van der Waals surface area (Å²) in [5.74, 6) is -0.878. The Morgan fingerprint density at radius 2 is 2.18 bits per heavy atom. The number of halogens is 5. The van der Waals surface area contributed by atoms with Gasteiger partial charge in [0.15, 0.2) is 11.3 Å². The molecule has 0 saturated heterocycles. The Bertz CT molecular complexity index is 577. The number of hydrogen-bond acceptors (Lipinski definition) is 4. The molecule has 0 aliphatic carbocycles. The van der Waals surface area contributed by atoms with Crippen LogP contribution in [0.1, 0.15) is 43.2 Å². The normalized spacial score (nSPS) is 23.3. The summed E-state index contributed by atoms with van der Waals surface area (Å²) in [5, 5.41) is 8.37. The molecule has 1 aromatic rings. The molecule has 0 aromatic carbocycles. The summed E-state index contributed by atoms with van der Waals surface area (Å²) in [6, 6.07) is 0. The van der Waals surface area contributed by atoms with Gasteiger partial charge in [0, 0.05) is 11.7 Å². The zero-order chi connectivity index (χ0) is 16.5. The molecule has 0 saturated carbocycles. The highest BCUT2D eigenvalue weighted by Crippen LogP contribution is 2.43. The van der Waals surface area contributed by atoms with E-state index in [4.69, 9.17) is 16.4 Å². The Labute approximate surface area is 133 Å². The number of hydrogen-bond donors (Lipinski definition) is 1. The number of nitrogens with one attached hydrogen (secondary N) is 1. The van der Waals surface area contributed by atoms with Crippen molar-refractivity contribution in [1.82, 2.24) is 10.2 Å². The fraction of sp³-hybridized carbons (Fsp3) is 0.667. The molecule has 2 heterocycles. The first-order valence-corrected chi connectivity index (χ1v) is 7.90. The SMILES string of the molecule is CCC(SC1=NOC(C)(CCl)C1)c1c(C(F)(F)F)n[nH]c1F. The van der Waals surface area contributed by atoms with E-state index in [1.807, 2.05) is 0 Å². The number of aromatic amines is 1. The number of alkyl halides is 4. The average Bonchev–Trinajstić information content (AvgIpc) is 3.00. The van der Waals surface area contributed by atoms with E-state index in [0.717, 1.165) is 11.8 Å². The van der Waals surface area contributed by atoms with Crippen LogP contribution in [0.3, 0.4) is 0 Å². The van der Waals surface area contributed by atoms with Crippen LogP contribution in [0, 0.1) is 5.95 Å². The summed E-state index contributed by atoms with van der Waals surface area (Å²) < 4.78 is 52.5. The summed E-state index contributed by atoms with van der Waals surface area (Å²) in [4.78, 5) is 5.19. The first-order valence-electron chi connectivity index (χ1n) is 6.49. The molecule has 1 N–H and O–H groups in total. The first-order chi connectivity index (χ1) is 10.2. The zero-order valence-corrected chi connectivity index (χ0v) is 13.4. The van der Waals surface area contributed by atoms with Gasteiger partial charge in [-0.25, -0.2) is 0 Å². The summed E-state index contributed by atoms with van der Waals surface area (Å²) in [6.07, 6.45) is -4.07. The Morgan fingerprint density at radius 1 is 1.50 bits per heavy atom. The Morgan fingerprint density at radius 3 is 2.68 bits per heavy atom. The highest BCUT2D eigenvalue weighted by atomic mass is 35.5. The second kappa shape index (κ2) is 6.27. The van der Waals surface area contributed by atoms with E-state index in [0.29, 0.717) is 11.5 Å². The van der Waals surface area contributed by atoms with E-state index in [9.17, 15) is 17.6 Å². The van der Waals surface area contributed by atoms with Gasteiger partial charge in [-0.3, -0.25) is 5.10 Å². The van der Waals surface area contributed by atoms with Crippen molar-refractivity contribution in [2.24, 2.45) is 5.16 Å². The zero-order valence-electron chi connectivity index (χ0n) is 11.8. The molecule has 0 amide bonds. The van der Waals surface area contributed by atoms with Crippen LogP contribution in [0.5, 0.6) is 0 Å². The maximum absolute atomic E-state index is 13.7. The molecule has 0 bridgehead atoms. The van der Waals surface area contributed by atoms with Crippen molar-refractivity contribution in [2.75, 3.05) is 5.88 Å². The highest BCUT2D eigenvalue weighted by molar-refractivity contribution is 8.14. The molecule has 10 heteroatoms. The van der Waals surface area contributed by atoms with Gasteiger partial charge in [0.1, 0.15) is 5.04 Å². The minimum atomic E-state index is -4.72. The van der Waals surface area contributed by atoms with Crippen LogP contribution in [0.2, 0.25) is 0 Å². The van der Waals surface area contributed by atoms with Crippen molar-refractivity contribution in [3.05, 3.63) is 17.2 Å². The van der Waals surface area contributed by atoms with Gasteiger partial charge in [-0.15, -0.1) is 11.6 Å². The molecule has 2 atom stereocenters. The number of thioether (sulfide) groups is 1. The van der Waals surface area contributed by atoms with Gasteiger partial charge in [0.25, 0.3) is 0 Å². The van der Waals surface area contributed by atoms with Crippen molar-refractivity contribution in [1.29, 1.82) is 0 Å². The van der Waals surface area contributed by atoms with Gasteiger partial charge in [-0.1, -0.05) is 23.8 Å². The second-order valence-corrected chi connectivity index (χ2v) is 6.69. The molecular formula is C12H14ClF4N3OS. The largest absolute Gasteiger partial charge is 0.435 e. The molecule has 1 aromatic heterocycles. The number of H-pyrrole nitrogens is 1. The lowest BCUT2D eigenvalue weighted by atomic mass is 10.1. The lowest BCUT2D eigenvalue weighted by Crippen LogP contribution is -2.26. The molecule has 4 nitrogen and oxygen atoms in total. The van der Waals surface area contributed by atoms with E-state index in [1.165, 1.54) is 0 Å². The van der Waals surface area contributed by atoms with Crippen LogP contribution in [-0.4, -0.2) is 26.7 Å². The lowest BCUT2D eigenvalue weighted by molar-refractivity contribution is -0.141. The Balaban J connectivity index is 2.22. The summed E-state index contributed by atoms with van der Waals surface area (Å²) in [5.41, 5.74) is -2.39. The van der Waals surface area contributed by atoms with Crippen LogP contribution in [0.25, 0.3) is 0 Å². The number of oxime groups is 1. The van der Waals surface area contributed by atoms with Crippen molar-refractivity contribution in [3.63, 3.8) is 0 Å². The average molecular weight is 360 g/mol. The molecule has 1 aliphatic heterocycles. The number of aromatic nitrogens is 2. The fourth-order valence-corrected chi connectivity index (χ4v) is 3.47. The molecule has 2 rings (SSSR count). The summed E-state index contributed by atoms with van der Waals surface area (Å²) in [6.45, 7) is 3.42. The van der Waals surface area contributed by atoms with Crippen LogP contribution in [0.4, 0.5) is 17.6 Å². The van der Waals surface area contributed by atoms with Crippen LogP contribution >= 0.6 is 23.4 Å². The minimum Gasteiger partial charge on any atom is -0.387 e. The topological polar surface area (TPSA) is 50.3 Å². The highest BCUT2D eigenvalue weighted by Gasteiger charge is 2.42. The molecule has 0 radical (unpaired) electrons. The van der Waals surface area contributed by atoms with Gasteiger partial charge in [0.2, 0.25) is 5.95 Å². The van der Waals surface area contributed by atoms with Crippen LogP contribution in [-0.2, 0) is 11.0 Å². The molecule has 124 valence electrons. The quantitative estimate of drug-likeness (QED) is 0.637. The van der Waals surface area contributed by atoms with Crippen molar-refractivity contribution >= 4 is 28.4 Å². The minimum absolute atomic E-state index is 0.200. The standard InChI is InChI=1S/C12H14ClF4N3OS/c1-3-6(22-7-4-11(2,5-13)21-20-7)8-9(12(15,16)17)18-19-10(8)14/h6H,3-5H2,1-2H3,(H,18,19). The molecule has 0 spiro atoms. The van der Waals surface area contributed by atoms with Crippen molar-refractivity contribution in [2.45, 2.75) is 43.7 Å². The Hall–Kier alpha value is -0.960. The van der Waals surface area contributed by atoms with Gasteiger partial charge in [-0.05, 0) is 13.3 Å². The third kappa shape index (κ3) is 3.51. The smallest absolute Gasteiger partial charge is 0.387 e. The molecule has 2 unspecified atom stereocenters. The fourth-order valence-electron chi connectivity index (χ4n) is 2.03. The maximum Gasteiger partial charge on any atom is 0.435 e. The van der Waals surface area contributed by atoms with Crippen molar-refractivity contribution in [3.8, 4) is 0 Å². The second-order valence-electron chi connectivity index (χ2n) is 5.15. The van der Waals surface area contributed by atoms with E-state index in [2.05, 4.69) is 10.3 Å². The predicted octanol–water partition coefficient (Wildman–Crippen LogP) is 4.48. The maximum atomic E-state index is 13.7. The molecule has 0 fully saturated rings. The monoisotopic (exact) mass is 359 g/mol. The Kier molecular flexibility index (Phi) is 4.96. The third-order valence-electron chi connectivity index (χ3n) is 3.17. The van der Waals surface area contributed by atoms with Crippen LogP contribution < -0.4 is 0 Å². The summed E-state index contributed by atoms with van der Waals surface area (Å²) >= 11 is 6.80. The van der Waals surface area contributed by atoms with Gasteiger partial charge >= 0.3 is 6.18 Å². The molecule has 22 heavy (non-hydrogen) atoms. The van der Waals surface area contributed by atoms with Gasteiger partial charge in [-0.2, -0.15) is 22.7 Å². The van der Waals surface area contributed by atoms with Crippen molar-refractivity contribution < 1.29 is 22.4 Å².